The molecule has 1 rings (SSSR count). The summed E-state index contributed by atoms with van der Waals surface area (Å²) in [7, 11) is 0. The molecule has 0 aliphatic heterocycles. The van der Waals surface area contributed by atoms with Crippen molar-refractivity contribution in [3.63, 3.8) is 0 Å². The van der Waals surface area contributed by atoms with Crippen molar-refractivity contribution in [1.29, 1.82) is 0 Å². The van der Waals surface area contributed by atoms with Gasteiger partial charge in [0, 0.05) is 0 Å². The third kappa shape index (κ3) is 3.22. The highest BCUT2D eigenvalue weighted by atomic mass is 14.3. The van der Waals surface area contributed by atoms with Crippen molar-refractivity contribution in [3.8, 4) is 0 Å². The number of hydrogen-bond acceptors (Lipinski definition) is 0. The summed E-state index contributed by atoms with van der Waals surface area (Å²) in [6.07, 6.45) is 6.10. The maximum absolute atomic E-state index is 2.44. The van der Waals surface area contributed by atoms with Crippen LogP contribution >= 0.6 is 0 Å². The first-order valence-corrected chi connectivity index (χ1v) is 6.04. The van der Waals surface area contributed by atoms with E-state index in [-0.39, 0.29) is 5.41 Å². The maximum atomic E-state index is 2.44. The molecule has 0 aromatic carbocycles. The normalized spacial score (nSPS) is 23.5. The zero-order valence-corrected chi connectivity index (χ0v) is 11.4. The van der Waals surface area contributed by atoms with Crippen LogP contribution in [0.1, 0.15) is 54.9 Å². The Kier molecular flexibility index (Phi) is 3.19. The second-order valence-corrected chi connectivity index (χ2v) is 6.97. The number of allylic oxidation sites excluding steroid dienone is 4. The van der Waals surface area contributed by atoms with Crippen LogP contribution in [-0.2, 0) is 0 Å². The Morgan fingerprint density at radius 2 is 1.53 bits per heavy atom. The summed E-state index contributed by atoms with van der Waals surface area (Å²) < 4.78 is 0. The first-order valence-electron chi connectivity index (χ1n) is 6.04. The maximum Gasteiger partial charge on any atom is -0.0135 e. The standard InChI is InChI=1S/C15H26/c1-11-8-12(14(2,3)4)10-13(9-11)15(5,6)7/h8,10-11H,9H2,1-7H3. The molecule has 0 saturated carbocycles. The van der Waals surface area contributed by atoms with Crippen LogP contribution in [0, 0.1) is 16.7 Å². The molecule has 1 atom stereocenters. The Hall–Kier alpha value is -0.520. The first-order chi connectivity index (χ1) is 6.60. The highest BCUT2D eigenvalue weighted by Crippen LogP contribution is 2.39. The molecule has 1 unspecified atom stereocenters. The van der Waals surface area contributed by atoms with E-state index in [1.807, 2.05) is 0 Å². The summed E-state index contributed by atoms with van der Waals surface area (Å²) in [6, 6.07) is 0. The molecule has 1 aliphatic carbocycles. The zero-order valence-electron chi connectivity index (χ0n) is 11.4. The van der Waals surface area contributed by atoms with Gasteiger partial charge in [-0.15, -0.1) is 0 Å². The second kappa shape index (κ2) is 3.81. The fourth-order valence-corrected chi connectivity index (χ4v) is 2.00. The van der Waals surface area contributed by atoms with Crippen molar-refractivity contribution in [3.05, 3.63) is 23.3 Å². The molecule has 0 radical (unpaired) electrons. The van der Waals surface area contributed by atoms with Gasteiger partial charge < -0.3 is 0 Å². The van der Waals surface area contributed by atoms with Crippen LogP contribution in [0.2, 0.25) is 0 Å². The van der Waals surface area contributed by atoms with E-state index in [0.717, 1.165) is 0 Å². The smallest absolute Gasteiger partial charge is 0.0135 e. The van der Waals surface area contributed by atoms with E-state index in [2.05, 4.69) is 60.6 Å². The van der Waals surface area contributed by atoms with Gasteiger partial charge in [-0.2, -0.15) is 0 Å². The molecule has 0 aromatic rings. The minimum absolute atomic E-state index is 0.283. The van der Waals surface area contributed by atoms with Gasteiger partial charge in [-0.1, -0.05) is 66.2 Å². The monoisotopic (exact) mass is 206 g/mol. The lowest BCUT2D eigenvalue weighted by atomic mass is 9.73. The van der Waals surface area contributed by atoms with E-state index in [0.29, 0.717) is 11.3 Å². The number of hydrogen-bond donors (Lipinski definition) is 0. The van der Waals surface area contributed by atoms with Crippen LogP contribution < -0.4 is 0 Å². The second-order valence-electron chi connectivity index (χ2n) is 6.97. The van der Waals surface area contributed by atoms with Crippen molar-refractivity contribution in [2.75, 3.05) is 0 Å². The van der Waals surface area contributed by atoms with Gasteiger partial charge in [0.05, 0.1) is 0 Å². The lowest BCUT2D eigenvalue weighted by Gasteiger charge is -2.32. The molecule has 0 heteroatoms. The lowest BCUT2D eigenvalue weighted by molar-refractivity contribution is 0.441. The third-order valence-electron chi connectivity index (χ3n) is 3.17. The van der Waals surface area contributed by atoms with Gasteiger partial charge in [0.25, 0.3) is 0 Å². The van der Waals surface area contributed by atoms with E-state index in [9.17, 15) is 0 Å². The molecule has 0 fully saturated rings. The van der Waals surface area contributed by atoms with Gasteiger partial charge in [0.2, 0.25) is 0 Å². The quantitative estimate of drug-likeness (QED) is 0.525. The molecular weight excluding hydrogens is 180 g/mol. The highest BCUT2D eigenvalue weighted by Gasteiger charge is 2.25. The van der Waals surface area contributed by atoms with Crippen LogP contribution in [0.3, 0.4) is 0 Å². The lowest BCUT2D eigenvalue weighted by Crippen LogP contribution is -2.19. The van der Waals surface area contributed by atoms with Crippen molar-refractivity contribution >= 4 is 0 Å². The summed E-state index contributed by atoms with van der Waals surface area (Å²) in [5.41, 5.74) is 3.71. The number of rotatable bonds is 0. The van der Waals surface area contributed by atoms with E-state index in [1.54, 1.807) is 5.57 Å². The molecule has 0 heterocycles. The van der Waals surface area contributed by atoms with E-state index in [4.69, 9.17) is 0 Å². The van der Waals surface area contributed by atoms with Gasteiger partial charge in [0.1, 0.15) is 0 Å². The first kappa shape index (κ1) is 12.5. The Labute approximate surface area is 95.5 Å². The third-order valence-corrected chi connectivity index (χ3v) is 3.17. The summed E-state index contributed by atoms with van der Waals surface area (Å²) >= 11 is 0. The molecule has 0 N–H and O–H groups in total. The summed E-state index contributed by atoms with van der Waals surface area (Å²) in [5, 5.41) is 0. The fourth-order valence-electron chi connectivity index (χ4n) is 2.00. The van der Waals surface area contributed by atoms with Gasteiger partial charge in [-0.05, 0) is 28.7 Å². The van der Waals surface area contributed by atoms with Gasteiger partial charge in [0.15, 0.2) is 0 Å². The van der Waals surface area contributed by atoms with Gasteiger partial charge >= 0.3 is 0 Å². The molecule has 0 bridgehead atoms. The van der Waals surface area contributed by atoms with Crippen LogP contribution in [0.15, 0.2) is 23.3 Å². The summed E-state index contributed by atoms with van der Waals surface area (Å²) in [5.74, 6) is 0.693. The molecule has 0 spiro atoms. The summed E-state index contributed by atoms with van der Waals surface area (Å²) in [4.78, 5) is 0. The Bertz CT molecular complexity index is 289. The molecule has 86 valence electrons. The van der Waals surface area contributed by atoms with Crippen molar-refractivity contribution in [2.24, 2.45) is 16.7 Å². The molecule has 0 aromatic heterocycles. The highest BCUT2D eigenvalue weighted by molar-refractivity contribution is 5.35. The van der Waals surface area contributed by atoms with Crippen LogP contribution in [0.5, 0.6) is 0 Å². The van der Waals surface area contributed by atoms with E-state index >= 15 is 0 Å². The molecule has 0 saturated heterocycles. The summed E-state index contributed by atoms with van der Waals surface area (Å²) in [6.45, 7) is 16.2. The fraction of sp³-hybridized carbons (Fsp3) is 0.733. The van der Waals surface area contributed by atoms with Gasteiger partial charge in [-0.25, -0.2) is 0 Å². The molecule has 0 amide bonds. The largest absolute Gasteiger partial charge is 0.0776 e. The SMILES string of the molecule is CC1C=C(C(C)(C)C)C=C(C(C)(C)C)C1. The van der Waals surface area contributed by atoms with Crippen LogP contribution in [0.25, 0.3) is 0 Å². The molecule has 0 nitrogen and oxygen atoms in total. The molecule has 15 heavy (non-hydrogen) atoms. The van der Waals surface area contributed by atoms with Crippen LogP contribution in [-0.4, -0.2) is 0 Å². The Balaban J connectivity index is 3.06. The van der Waals surface area contributed by atoms with Crippen LogP contribution in [0.4, 0.5) is 0 Å². The minimum Gasteiger partial charge on any atom is -0.0776 e. The van der Waals surface area contributed by atoms with Crippen molar-refractivity contribution < 1.29 is 0 Å². The molecular formula is C15H26. The van der Waals surface area contributed by atoms with Gasteiger partial charge in [-0.3, -0.25) is 0 Å². The topological polar surface area (TPSA) is 0 Å². The Morgan fingerprint density at radius 1 is 1.00 bits per heavy atom. The van der Waals surface area contributed by atoms with E-state index in [1.165, 1.54) is 12.0 Å². The van der Waals surface area contributed by atoms with Crippen molar-refractivity contribution in [2.45, 2.75) is 54.9 Å². The Morgan fingerprint density at radius 3 is 1.93 bits per heavy atom. The van der Waals surface area contributed by atoms with E-state index < -0.39 is 0 Å². The predicted octanol–water partition coefficient (Wildman–Crippen LogP) is 4.97. The predicted molar refractivity (Wildman–Crippen MR) is 68.9 cm³/mol. The zero-order chi connectivity index (χ0) is 11.9. The van der Waals surface area contributed by atoms with Crippen molar-refractivity contribution in [1.82, 2.24) is 0 Å². The average Bonchev–Trinajstić information content (AvgIpc) is 1.99. The molecule has 1 aliphatic rings. The minimum atomic E-state index is 0.283. The average molecular weight is 206 g/mol.